The predicted molar refractivity (Wildman–Crippen MR) is 50.2 cm³/mol. The fourth-order valence-corrected chi connectivity index (χ4v) is 1.84. The third-order valence-electron chi connectivity index (χ3n) is 2.47. The number of nitrogens with one attached hydrogen (secondary N) is 1. The molecule has 1 aliphatic rings. The van der Waals surface area contributed by atoms with Crippen LogP contribution in [0.1, 0.15) is 20.8 Å². The molecule has 0 spiro atoms. The van der Waals surface area contributed by atoms with Crippen molar-refractivity contribution in [1.29, 1.82) is 0 Å². The van der Waals surface area contributed by atoms with Gasteiger partial charge >= 0.3 is 0 Å². The van der Waals surface area contributed by atoms with E-state index >= 15 is 0 Å². The molecule has 0 bridgehead atoms. The summed E-state index contributed by atoms with van der Waals surface area (Å²) in [5.74, 6) is 0. The van der Waals surface area contributed by atoms with Crippen molar-refractivity contribution in [2.45, 2.75) is 38.9 Å². The van der Waals surface area contributed by atoms with Gasteiger partial charge in [0.05, 0.1) is 6.61 Å². The summed E-state index contributed by atoms with van der Waals surface area (Å²) in [5.41, 5.74) is 0. The van der Waals surface area contributed by atoms with E-state index in [1.807, 2.05) is 0 Å². The van der Waals surface area contributed by atoms with Crippen LogP contribution in [0.15, 0.2) is 0 Å². The first-order valence-electron chi connectivity index (χ1n) is 4.74. The van der Waals surface area contributed by atoms with Gasteiger partial charge in [-0.3, -0.25) is 4.90 Å². The van der Waals surface area contributed by atoms with E-state index in [-0.39, 0.29) is 6.61 Å². The smallest absolute Gasteiger partial charge is 0.0584 e. The Kier molecular flexibility index (Phi) is 3.50. The molecule has 3 atom stereocenters. The molecule has 12 heavy (non-hydrogen) atoms. The number of nitrogens with zero attached hydrogens (tertiary/aromatic N) is 1. The van der Waals surface area contributed by atoms with Gasteiger partial charge in [0.1, 0.15) is 0 Å². The first-order valence-corrected chi connectivity index (χ1v) is 4.74. The van der Waals surface area contributed by atoms with Gasteiger partial charge in [0.2, 0.25) is 0 Å². The highest BCUT2D eigenvalue weighted by molar-refractivity contribution is 4.83. The van der Waals surface area contributed by atoms with Crippen LogP contribution in [-0.4, -0.2) is 47.8 Å². The lowest BCUT2D eigenvalue weighted by molar-refractivity contribution is 0.0898. The summed E-state index contributed by atoms with van der Waals surface area (Å²) in [4.78, 5) is 2.34. The van der Waals surface area contributed by atoms with Crippen LogP contribution in [0.25, 0.3) is 0 Å². The zero-order chi connectivity index (χ0) is 9.14. The maximum Gasteiger partial charge on any atom is 0.0584 e. The topological polar surface area (TPSA) is 35.5 Å². The largest absolute Gasteiger partial charge is 0.395 e. The Balaban J connectivity index is 2.43. The Labute approximate surface area is 74.8 Å². The molecule has 1 rings (SSSR count). The second-order valence-electron chi connectivity index (χ2n) is 3.95. The summed E-state index contributed by atoms with van der Waals surface area (Å²) in [6.45, 7) is 8.81. The van der Waals surface area contributed by atoms with Crippen LogP contribution in [0.2, 0.25) is 0 Å². The number of aliphatic hydroxyl groups excluding tert-OH is 1. The molecule has 3 nitrogen and oxygen atoms in total. The van der Waals surface area contributed by atoms with Crippen LogP contribution in [-0.2, 0) is 0 Å². The molecule has 1 fully saturated rings. The Morgan fingerprint density at radius 1 is 1.42 bits per heavy atom. The molecule has 2 unspecified atom stereocenters. The summed E-state index contributed by atoms with van der Waals surface area (Å²) < 4.78 is 0. The van der Waals surface area contributed by atoms with Crippen molar-refractivity contribution in [3.63, 3.8) is 0 Å². The van der Waals surface area contributed by atoms with E-state index in [2.05, 4.69) is 31.0 Å². The zero-order valence-corrected chi connectivity index (χ0v) is 8.25. The highest BCUT2D eigenvalue weighted by Gasteiger charge is 2.23. The van der Waals surface area contributed by atoms with Crippen LogP contribution in [0, 0.1) is 0 Å². The molecule has 0 radical (unpaired) electrons. The molecule has 2 N–H and O–H groups in total. The lowest BCUT2D eigenvalue weighted by Gasteiger charge is -2.39. The molecule has 0 aromatic rings. The van der Waals surface area contributed by atoms with Crippen LogP contribution in [0.4, 0.5) is 0 Å². The third kappa shape index (κ3) is 2.44. The number of piperazine rings is 1. The van der Waals surface area contributed by atoms with Crippen LogP contribution < -0.4 is 5.32 Å². The standard InChI is InChI=1S/C9H20N2O/c1-7-4-11(9(3)6-12)5-8(2)10-7/h7-10,12H,4-6H2,1-3H3/t7?,8?,9-/m1/s1. The molecule has 1 heterocycles. The molecule has 1 aliphatic heterocycles. The predicted octanol–water partition coefficient (Wildman–Crippen LogP) is 0.0494. The first-order chi connectivity index (χ1) is 5.63. The van der Waals surface area contributed by atoms with Gasteiger partial charge in [-0.1, -0.05) is 0 Å². The fraction of sp³-hybridized carbons (Fsp3) is 1.00. The van der Waals surface area contributed by atoms with Crippen molar-refractivity contribution in [2.75, 3.05) is 19.7 Å². The summed E-state index contributed by atoms with van der Waals surface area (Å²) in [6.07, 6.45) is 0. The van der Waals surface area contributed by atoms with Gasteiger partial charge in [-0.05, 0) is 20.8 Å². The van der Waals surface area contributed by atoms with E-state index in [1.165, 1.54) is 0 Å². The zero-order valence-electron chi connectivity index (χ0n) is 8.25. The first kappa shape index (κ1) is 9.96. The lowest BCUT2D eigenvalue weighted by Crippen LogP contribution is -2.57. The van der Waals surface area contributed by atoms with Crippen LogP contribution in [0.5, 0.6) is 0 Å². The molecule has 1 saturated heterocycles. The van der Waals surface area contributed by atoms with Gasteiger partial charge in [-0.2, -0.15) is 0 Å². The minimum absolute atomic E-state index is 0.263. The van der Waals surface area contributed by atoms with Crippen molar-refractivity contribution in [3.05, 3.63) is 0 Å². The molecule has 0 amide bonds. The van der Waals surface area contributed by atoms with Gasteiger partial charge < -0.3 is 10.4 Å². The van der Waals surface area contributed by atoms with Gasteiger partial charge in [-0.25, -0.2) is 0 Å². The summed E-state index contributed by atoms with van der Waals surface area (Å²) in [7, 11) is 0. The van der Waals surface area contributed by atoms with Gasteiger partial charge in [0.15, 0.2) is 0 Å². The minimum atomic E-state index is 0.263. The molecule has 0 aromatic heterocycles. The molecular formula is C9H20N2O. The molecule has 72 valence electrons. The number of rotatable bonds is 2. The van der Waals surface area contributed by atoms with Gasteiger partial charge in [-0.15, -0.1) is 0 Å². The highest BCUT2D eigenvalue weighted by Crippen LogP contribution is 2.07. The fourth-order valence-electron chi connectivity index (χ4n) is 1.84. The average Bonchev–Trinajstić information content (AvgIpc) is 2.01. The molecular weight excluding hydrogens is 152 g/mol. The van der Waals surface area contributed by atoms with Crippen molar-refractivity contribution < 1.29 is 5.11 Å². The number of hydrogen-bond acceptors (Lipinski definition) is 3. The maximum absolute atomic E-state index is 9.00. The van der Waals surface area contributed by atoms with Crippen molar-refractivity contribution in [3.8, 4) is 0 Å². The molecule has 3 heteroatoms. The quantitative estimate of drug-likeness (QED) is 0.618. The summed E-state index contributed by atoms with van der Waals surface area (Å²) in [5, 5.41) is 12.5. The number of aliphatic hydroxyl groups is 1. The third-order valence-corrected chi connectivity index (χ3v) is 2.47. The monoisotopic (exact) mass is 172 g/mol. The molecule has 0 aliphatic carbocycles. The Morgan fingerprint density at radius 3 is 2.33 bits per heavy atom. The Hall–Kier alpha value is -0.120. The normalized spacial score (nSPS) is 35.0. The van der Waals surface area contributed by atoms with E-state index in [1.54, 1.807) is 0 Å². The van der Waals surface area contributed by atoms with Crippen LogP contribution in [0.3, 0.4) is 0 Å². The lowest BCUT2D eigenvalue weighted by atomic mass is 10.1. The second kappa shape index (κ2) is 4.21. The SMILES string of the molecule is CC1CN([C@H](C)CO)CC(C)N1. The second-order valence-corrected chi connectivity index (χ2v) is 3.95. The maximum atomic E-state index is 9.00. The number of hydrogen-bond donors (Lipinski definition) is 2. The van der Waals surface area contributed by atoms with Crippen LogP contribution >= 0.6 is 0 Å². The Bertz CT molecular complexity index is 130. The van der Waals surface area contributed by atoms with Crippen molar-refractivity contribution in [1.82, 2.24) is 10.2 Å². The summed E-state index contributed by atoms with van der Waals surface area (Å²) >= 11 is 0. The van der Waals surface area contributed by atoms with E-state index < -0.39 is 0 Å². The highest BCUT2D eigenvalue weighted by atomic mass is 16.3. The molecule has 0 aromatic carbocycles. The van der Waals surface area contributed by atoms with Crippen molar-refractivity contribution >= 4 is 0 Å². The summed E-state index contributed by atoms with van der Waals surface area (Å²) in [6, 6.07) is 1.39. The Morgan fingerprint density at radius 2 is 1.92 bits per heavy atom. The van der Waals surface area contributed by atoms with E-state index in [4.69, 9.17) is 5.11 Å². The van der Waals surface area contributed by atoms with Crippen molar-refractivity contribution in [2.24, 2.45) is 0 Å². The van der Waals surface area contributed by atoms with Gasteiger partial charge in [0, 0.05) is 31.2 Å². The van der Waals surface area contributed by atoms with E-state index in [0.29, 0.717) is 18.1 Å². The minimum Gasteiger partial charge on any atom is -0.395 e. The van der Waals surface area contributed by atoms with E-state index in [0.717, 1.165) is 13.1 Å². The van der Waals surface area contributed by atoms with E-state index in [9.17, 15) is 0 Å². The van der Waals surface area contributed by atoms with Gasteiger partial charge in [0.25, 0.3) is 0 Å². The average molecular weight is 172 g/mol. The molecule has 0 saturated carbocycles.